The summed E-state index contributed by atoms with van der Waals surface area (Å²) in [6.07, 6.45) is 2.31. The van der Waals surface area contributed by atoms with E-state index in [0.717, 1.165) is 25.1 Å². The maximum Gasteiger partial charge on any atom is 0.251 e. The van der Waals surface area contributed by atoms with Crippen LogP contribution in [0.2, 0.25) is 0 Å². The van der Waals surface area contributed by atoms with Crippen molar-refractivity contribution in [1.29, 1.82) is 0 Å². The highest BCUT2D eigenvalue weighted by Gasteiger charge is 2.28. The van der Waals surface area contributed by atoms with Gasteiger partial charge in [-0.15, -0.1) is 11.3 Å². The van der Waals surface area contributed by atoms with Crippen molar-refractivity contribution in [2.24, 2.45) is 0 Å². The number of carbonyl (C=O) groups excluding carboxylic acids is 3. The van der Waals surface area contributed by atoms with Gasteiger partial charge in [0.05, 0.1) is 12.6 Å². The predicted octanol–water partition coefficient (Wildman–Crippen LogP) is 2.75. The van der Waals surface area contributed by atoms with Crippen molar-refractivity contribution >= 4 is 34.7 Å². The Hall–Kier alpha value is -2.67. The van der Waals surface area contributed by atoms with E-state index < -0.39 is 0 Å². The third kappa shape index (κ3) is 3.54. The molecule has 4 rings (SSSR count). The quantitative estimate of drug-likeness (QED) is 0.862. The van der Waals surface area contributed by atoms with Crippen LogP contribution >= 0.6 is 11.3 Å². The molecule has 1 saturated heterocycles. The van der Waals surface area contributed by atoms with Crippen LogP contribution in [0.1, 0.15) is 46.6 Å². The van der Waals surface area contributed by atoms with Crippen molar-refractivity contribution in [2.75, 3.05) is 24.5 Å². The maximum atomic E-state index is 12.6. The molecule has 0 unspecified atom stereocenters. The number of rotatable bonds is 4. The molecule has 3 heterocycles. The highest BCUT2D eigenvalue weighted by molar-refractivity contribution is 7.10. The molecule has 0 bridgehead atoms. The fourth-order valence-electron chi connectivity index (χ4n) is 3.92. The molecule has 0 saturated carbocycles. The van der Waals surface area contributed by atoms with E-state index in [1.165, 1.54) is 10.4 Å². The summed E-state index contributed by atoms with van der Waals surface area (Å²) in [6, 6.07) is 9.07. The fraction of sp³-hybridized carbons (Fsp3) is 0.381. The molecule has 2 aliphatic rings. The molecular formula is C21H23N3O3S. The van der Waals surface area contributed by atoms with Crippen LogP contribution in [-0.2, 0) is 16.0 Å². The van der Waals surface area contributed by atoms with E-state index in [9.17, 15) is 14.4 Å². The van der Waals surface area contributed by atoms with Crippen molar-refractivity contribution in [3.05, 3.63) is 51.7 Å². The third-order valence-corrected chi connectivity index (χ3v) is 6.51. The lowest BCUT2D eigenvalue weighted by Gasteiger charge is -2.33. The van der Waals surface area contributed by atoms with E-state index in [1.54, 1.807) is 40.5 Å². The second kappa shape index (κ2) is 7.75. The van der Waals surface area contributed by atoms with Gasteiger partial charge in [-0.05, 0) is 61.0 Å². The van der Waals surface area contributed by atoms with Crippen LogP contribution in [0.3, 0.4) is 0 Å². The van der Waals surface area contributed by atoms with E-state index in [2.05, 4.69) is 16.8 Å². The van der Waals surface area contributed by atoms with E-state index in [0.29, 0.717) is 18.5 Å². The van der Waals surface area contributed by atoms with Gasteiger partial charge in [0, 0.05) is 35.6 Å². The van der Waals surface area contributed by atoms with E-state index >= 15 is 0 Å². The van der Waals surface area contributed by atoms with Crippen LogP contribution in [0.5, 0.6) is 0 Å². The first kappa shape index (κ1) is 18.7. The maximum absolute atomic E-state index is 12.6. The van der Waals surface area contributed by atoms with Gasteiger partial charge in [0.1, 0.15) is 0 Å². The average molecular weight is 398 g/mol. The zero-order valence-corrected chi connectivity index (χ0v) is 16.6. The van der Waals surface area contributed by atoms with Gasteiger partial charge in [-0.3, -0.25) is 14.4 Å². The molecule has 3 amide bonds. The van der Waals surface area contributed by atoms with Crippen molar-refractivity contribution in [1.82, 2.24) is 10.2 Å². The molecular weight excluding hydrogens is 374 g/mol. The summed E-state index contributed by atoms with van der Waals surface area (Å²) in [5.74, 6) is -0.238. The number of nitrogens with one attached hydrogen (secondary N) is 1. The van der Waals surface area contributed by atoms with Crippen molar-refractivity contribution in [3.63, 3.8) is 0 Å². The Kier molecular flexibility index (Phi) is 5.17. The lowest BCUT2D eigenvalue weighted by atomic mass is 10.0. The molecule has 7 heteroatoms. The largest absolute Gasteiger partial charge is 0.343 e. The first-order valence-corrected chi connectivity index (χ1v) is 10.5. The Morgan fingerprint density at radius 2 is 1.93 bits per heavy atom. The summed E-state index contributed by atoms with van der Waals surface area (Å²) in [7, 11) is 0. The van der Waals surface area contributed by atoms with Crippen LogP contribution in [0.25, 0.3) is 0 Å². The molecule has 6 nitrogen and oxygen atoms in total. The predicted molar refractivity (Wildman–Crippen MR) is 109 cm³/mol. The zero-order chi connectivity index (χ0) is 19.7. The van der Waals surface area contributed by atoms with Gasteiger partial charge < -0.3 is 15.1 Å². The normalized spacial score (nSPS) is 18.9. The molecule has 0 radical (unpaired) electrons. The van der Waals surface area contributed by atoms with Gasteiger partial charge in [-0.25, -0.2) is 0 Å². The number of thiophene rings is 1. The molecule has 1 atom stereocenters. The number of hydrogen-bond acceptors (Lipinski definition) is 4. The van der Waals surface area contributed by atoms with E-state index in [4.69, 9.17) is 0 Å². The lowest BCUT2D eigenvalue weighted by molar-refractivity contribution is -0.132. The zero-order valence-electron chi connectivity index (χ0n) is 15.8. The minimum absolute atomic E-state index is 0.0188. The standard InChI is InChI=1S/C21H23N3O3S/c1-14-17-9-12-28-18(17)8-11-23(14)20(26)13-22-21(27)15-4-6-16(7-5-15)24-10-2-3-19(24)25/h4-7,9,12,14H,2-3,8,10-11,13H2,1H3,(H,22,27)/t14-/m1/s1. The Bertz CT molecular complexity index is 906. The molecule has 0 aliphatic carbocycles. The first-order valence-electron chi connectivity index (χ1n) is 9.59. The van der Waals surface area contributed by atoms with Crippen molar-refractivity contribution in [2.45, 2.75) is 32.2 Å². The molecule has 1 fully saturated rings. The molecule has 2 aliphatic heterocycles. The molecule has 1 aromatic carbocycles. The number of nitrogens with zero attached hydrogens (tertiary/aromatic N) is 2. The van der Waals surface area contributed by atoms with E-state index in [1.807, 2.05) is 11.8 Å². The van der Waals surface area contributed by atoms with Gasteiger partial charge in [0.2, 0.25) is 11.8 Å². The van der Waals surface area contributed by atoms with Gasteiger partial charge in [-0.1, -0.05) is 0 Å². The number of carbonyl (C=O) groups is 3. The van der Waals surface area contributed by atoms with Crippen molar-refractivity contribution in [3.8, 4) is 0 Å². The van der Waals surface area contributed by atoms with Gasteiger partial charge in [0.15, 0.2) is 0 Å². The van der Waals surface area contributed by atoms with E-state index in [-0.39, 0.29) is 30.3 Å². The van der Waals surface area contributed by atoms with Crippen LogP contribution < -0.4 is 10.2 Å². The second-order valence-corrected chi connectivity index (χ2v) is 8.19. The SMILES string of the molecule is C[C@@H]1c2ccsc2CCN1C(=O)CNC(=O)c1ccc(N2CCCC2=O)cc1. The van der Waals surface area contributed by atoms with Crippen LogP contribution in [-0.4, -0.2) is 42.3 Å². The highest BCUT2D eigenvalue weighted by atomic mass is 32.1. The summed E-state index contributed by atoms with van der Waals surface area (Å²) in [6.45, 7) is 3.42. The van der Waals surface area contributed by atoms with Gasteiger partial charge >= 0.3 is 0 Å². The smallest absolute Gasteiger partial charge is 0.251 e. The summed E-state index contributed by atoms with van der Waals surface area (Å²) in [5.41, 5.74) is 2.50. The topological polar surface area (TPSA) is 69.7 Å². The lowest BCUT2D eigenvalue weighted by Crippen LogP contribution is -2.44. The van der Waals surface area contributed by atoms with Crippen LogP contribution in [0, 0.1) is 0 Å². The molecule has 146 valence electrons. The highest BCUT2D eigenvalue weighted by Crippen LogP contribution is 2.32. The second-order valence-electron chi connectivity index (χ2n) is 7.19. The molecule has 28 heavy (non-hydrogen) atoms. The number of benzene rings is 1. The van der Waals surface area contributed by atoms with Crippen molar-refractivity contribution < 1.29 is 14.4 Å². The molecule has 1 N–H and O–H groups in total. The Morgan fingerprint density at radius 3 is 2.64 bits per heavy atom. The summed E-state index contributed by atoms with van der Waals surface area (Å²) in [5, 5.41) is 4.79. The minimum Gasteiger partial charge on any atom is -0.343 e. The van der Waals surface area contributed by atoms with Gasteiger partial charge in [0.25, 0.3) is 5.91 Å². The number of amides is 3. The molecule has 0 spiro atoms. The van der Waals surface area contributed by atoms with Gasteiger partial charge in [-0.2, -0.15) is 0 Å². The fourth-order valence-corrected chi connectivity index (χ4v) is 4.89. The van der Waals surface area contributed by atoms with Crippen LogP contribution in [0.15, 0.2) is 35.7 Å². The average Bonchev–Trinajstić information content (AvgIpc) is 3.35. The summed E-state index contributed by atoms with van der Waals surface area (Å²) < 4.78 is 0. The molecule has 2 aromatic rings. The Balaban J connectivity index is 1.34. The Morgan fingerprint density at radius 1 is 1.14 bits per heavy atom. The minimum atomic E-state index is -0.284. The molecule has 1 aromatic heterocycles. The van der Waals surface area contributed by atoms with Crippen LogP contribution in [0.4, 0.5) is 5.69 Å². The Labute approximate surface area is 168 Å². The summed E-state index contributed by atoms with van der Waals surface area (Å²) in [4.78, 5) is 41.7. The number of fused-ring (bicyclic) bond motifs is 1. The first-order chi connectivity index (χ1) is 13.5. The number of hydrogen-bond donors (Lipinski definition) is 1. The number of anilines is 1. The summed E-state index contributed by atoms with van der Waals surface area (Å²) >= 11 is 1.74. The monoisotopic (exact) mass is 397 g/mol. The third-order valence-electron chi connectivity index (χ3n) is 5.51.